The zero-order valence-electron chi connectivity index (χ0n) is 10.1. The zero-order chi connectivity index (χ0) is 13.8. The van der Waals surface area contributed by atoms with Crippen molar-refractivity contribution in [2.24, 2.45) is 0 Å². The van der Waals surface area contributed by atoms with Crippen LogP contribution in [0, 0.1) is 10.1 Å². The molecule has 0 amide bonds. The van der Waals surface area contributed by atoms with E-state index in [1.807, 2.05) is 37.3 Å². The molecule has 0 aliphatic carbocycles. The highest BCUT2D eigenvalue weighted by atomic mass is 35.5. The number of hydrogen-bond acceptors (Lipinski definition) is 5. The number of aromatic nitrogens is 2. The predicted octanol–water partition coefficient (Wildman–Crippen LogP) is 3.21. The fourth-order valence-electron chi connectivity index (χ4n) is 1.62. The Kier molecular flexibility index (Phi) is 3.91. The maximum Gasteiger partial charge on any atom is 0.329 e. The smallest absolute Gasteiger partial charge is 0.329 e. The van der Waals surface area contributed by atoms with Crippen LogP contribution in [0.2, 0.25) is 5.28 Å². The molecule has 1 atom stereocenters. The molecule has 0 saturated carbocycles. The summed E-state index contributed by atoms with van der Waals surface area (Å²) in [5.74, 6) is 0.112. The van der Waals surface area contributed by atoms with Crippen molar-refractivity contribution < 1.29 is 4.92 Å². The minimum absolute atomic E-state index is 0.0339. The Balaban J connectivity index is 2.28. The molecule has 1 aromatic heterocycles. The molecule has 0 unspecified atom stereocenters. The number of hydrogen-bond donors (Lipinski definition) is 1. The summed E-state index contributed by atoms with van der Waals surface area (Å²) in [6.07, 6.45) is 1.09. The lowest BCUT2D eigenvalue weighted by Crippen LogP contribution is -2.10. The second-order valence-electron chi connectivity index (χ2n) is 3.91. The van der Waals surface area contributed by atoms with Crippen molar-refractivity contribution in [2.45, 2.75) is 13.0 Å². The van der Waals surface area contributed by atoms with Gasteiger partial charge >= 0.3 is 5.69 Å². The van der Waals surface area contributed by atoms with Gasteiger partial charge < -0.3 is 5.32 Å². The van der Waals surface area contributed by atoms with Crippen LogP contribution in [0.5, 0.6) is 0 Å². The molecule has 98 valence electrons. The largest absolute Gasteiger partial charge is 0.358 e. The molecule has 6 nitrogen and oxygen atoms in total. The molecule has 2 aromatic rings. The van der Waals surface area contributed by atoms with Crippen LogP contribution in [0.3, 0.4) is 0 Å². The molecule has 19 heavy (non-hydrogen) atoms. The first kappa shape index (κ1) is 13.2. The van der Waals surface area contributed by atoms with Gasteiger partial charge in [-0.1, -0.05) is 30.3 Å². The lowest BCUT2D eigenvalue weighted by Gasteiger charge is -2.14. The minimum atomic E-state index is -0.545. The summed E-state index contributed by atoms with van der Waals surface area (Å²) in [6.45, 7) is 1.88. The van der Waals surface area contributed by atoms with Crippen LogP contribution in [0.15, 0.2) is 36.5 Å². The topological polar surface area (TPSA) is 81.0 Å². The van der Waals surface area contributed by atoms with E-state index in [1.54, 1.807) is 0 Å². The first-order valence-electron chi connectivity index (χ1n) is 5.56. The highest BCUT2D eigenvalue weighted by Crippen LogP contribution is 2.26. The van der Waals surface area contributed by atoms with Gasteiger partial charge in [0.05, 0.1) is 11.0 Å². The van der Waals surface area contributed by atoms with Crippen LogP contribution in [-0.2, 0) is 0 Å². The number of benzene rings is 1. The van der Waals surface area contributed by atoms with E-state index < -0.39 is 4.92 Å². The SMILES string of the molecule is C[C@@H](Nc1nc(Cl)ncc1[N+](=O)[O-])c1ccccc1. The maximum atomic E-state index is 10.9. The Morgan fingerprint density at radius 1 is 1.37 bits per heavy atom. The van der Waals surface area contributed by atoms with E-state index in [1.165, 1.54) is 0 Å². The summed E-state index contributed by atoms with van der Waals surface area (Å²) in [7, 11) is 0. The highest BCUT2D eigenvalue weighted by molar-refractivity contribution is 6.28. The van der Waals surface area contributed by atoms with Gasteiger partial charge in [-0.15, -0.1) is 0 Å². The molecule has 0 aliphatic heterocycles. The fourth-order valence-corrected chi connectivity index (χ4v) is 1.76. The zero-order valence-corrected chi connectivity index (χ0v) is 10.8. The van der Waals surface area contributed by atoms with Crippen molar-refractivity contribution in [3.8, 4) is 0 Å². The number of nitro groups is 1. The van der Waals surface area contributed by atoms with E-state index >= 15 is 0 Å². The van der Waals surface area contributed by atoms with Crippen LogP contribution in [-0.4, -0.2) is 14.9 Å². The lowest BCUT2D eigenvalue weighted by molar-refractivity contribution is -0.384. The van der Waals surface area contributed by atoms with E-state index in [2.05, 4.69) is 15.3 Å². The van der Waals surface area contributed by atoms with Crippen molar-refractivity contribution in [1.29, 1.82) is 0 Å². The molecule has 0 radical (unpaired) electrons. The van der Waals surface area contributed by atoms with Crippen LogP contribution in [0.1, 0.15) is 18.5 Å². The van der Waals surface area contributed by atoms with Crippen molar-refractivity contribution in [3.05, 3.63) is 57.5 Å². The van der Waals surface area contributed by atoms with E-state index in [0.29, 0.717) is 0 Å². The standard InChI is InChI=1S/C12H11ClN4O2/c1-8(9-5-3-2-4-6-9)15-11-10(17(18)19)7-14-12(13)16-11/h2-8H,1H3,(H,14,15,16)/t8-/m1/s1. The molecule has 7 heteroatoms. The van der Waals surface area contributed by atoms with E-state index in [0.717, 1.165) is 11.8 Å². The molecule has 0 saturated heterocycles. The number of rotatable bonds is 4. The molecule has 1 heterocycles. The third-order valence-corrected chi connectivity index (χ3v) is 2.77. The molecule has 0 spiro atoms. The highest BCUT2D eigenvalue weighted by Gasteiger charge is 2.18. The Labute approximate surface area is 114 Å². The predicted molar refractivity (Wildman–Crippen MR) is 72.2 cm³/mol. The van der Waals surface area contributed by atoms with E-state index in [4.69, 9.17) is 11.6 Å². The summed E-state index contributed by atoms with van der Waals surface area (Å²) >= 11 is 5.67. The van der Waals surface area contributed by atoms with E-state index in [9.17, 15) is 10.1 Å². The Bertz CT molecular complexity index is 592. The molecular weight excluding hydrogens is 268 g/mol. The molecule has 2 rings (SSSR count). The van der Waals surface area contributed by atoms with Gasteiger partial charge in [0.1, 0.15) is 6.20 Å². The van der Waals surface area contributed by atoms with Gasteiger partial charge in [-0.25, -0.2) is 4.98 Å². The lowest BCUT2D eigenvalue weighted by atomic mass is 10.1. The quantitative estimate of drug-likeness (QED) is 0.527. The second kappa shape index (κ2) is 5.62. The minimum Gasteiger partial charge on any atom is -0.358 e. The summed E-state index contributed by atoms with van der Waals surface area (Å²) in [4.78, 5) is 17.8. The third kappa shape index (κ3) is 3.17. The number of nitrogens with one attached hydrogen (secondary N) is 1. The normalized spacial score (nSPS) is 11.9. The number of nitrogens with zero attached hydrogens (tertiary/aromatic N) is 3. The average molecular weight is 279 g/mol. The Morgan fingerprint density at radius 2 is 2.05 bits per heavy atom. The molecular formula is C12H11ClN4O2. The first-order chi connectivity index (χ1) is 9.08. The number of anilines is 1. The Hall–Kier alpha value is -2.21. The summed E-state index contributed by atoms with van der Waals surface area (Å²) < 4.78 is 0. The van der Waals surface area contributed by atoms with Gasteiger partial charge in [-0.3, -0.25) is 10.1 Å². The summed E-state index contributed by atoms with van der Waals surface area (Å²) in [5.41, 5.74) is 0.790. The molecule has 0 aliphatic rings. The third-order valence-electron chi connectivity index (χ3n) is 2.59. The van der Waals surface area contributed by atoms with E-state index in [-0.39, 0.29) is 22.8 Å². The summed E-state index contributed by atoms with van der Waals surface area (Å²) in [5, 5.41) is 13.8. The van der Waals surface area contributed by atoms with Crippen LogP contribution < -0.4 is 5.32 Å². The Morgan fingerprint density at radius 3 is 2.68 bits per heavy atom. The van der Waals surface area contributed by atoms with Crippen LogP contribution >= 0.6 is 11.6 Å². The second-order valence-corrected chi connectivity index (χ2v) is 4.24. The molecule has 1 N–H and O–H groups in total. The molecule has 0 bridgehead atoms. The van der Waals surface area contributed by atoms with Crippen molar-refractivity contribution >= 4 is 23.1 Å². The van der Waals surface area contributed by atoms with Crippen molar-refractivity contribution in [3.63, 3.8) is 0 Å². The molecule has 0 fully saturated rings. The monoisotopic (exact) mass is 278 g/mol. The van der Waals surface area contributed by atoms with Gasteiger partial charge in [0, 0.05) is 0 Å². The van der Waals surface area contributed by atoms with Crippen LogP contribution in [0.4, 0.5) is 11.5 Å². The van der Waals surface area contributed by atoms with Crippen molar-refractivity contribution in [1.82, 2.24) is 9.97 Å². The van der Waals surface area contributed by atoms with Gasteiger partial charge in [-0.2, -0.15) is 4.98 Å². The average Bonchev–Trinajstić information content (AvgIpc) is 2.39. The van der Waals surface area contributed by atoms with Gasteiger partial charge in [-0.05, 0) is 24.1 Å². The van der Waals surface area contributed by atoms with Gasteiger partial charge in [0.25, 0.3) is 0 Å². The molecule has 1 aromatic carbocycles. The maximum absolute atomic E-state index is 10.9. The first-order valence-corrected chi connectivity index (χ1v) is 5.94. The van der Waals surface area contributed by atoms with Crippen molar-refractivity contribution in [2.75, 3.05) is 5.32 Å². The van der Waals surface area contributed by atoms with Gasteiger partial charge in [0.2, 0.25) is 11.1 Å². The van der Waals surface area contributed by atoms with Gasteiger partial charge in [0.15, 0.2) is 0 Å². The number of halogens is 1. The van der Waals surface area contributed by atoms with Crippen LogP contribution in [0.25, 0.3) is 0 Å². The fraction of sp³-hybridized carbons (Fsp3) is 0.167. The summed E-state index contributed by atoms with van der Waals surface area (Å²) in [6, 6.07) is 9.41.